The first-order valence-corrected chi connectivity index (χ1v) is 12.4. The van der Waals surface area contributed by atoms with Gasteiger partial charge in [0.1, 0.15) is 5.75 Å². The SMILES string of the molecule is CCOC(=O)C1(CCOc2ccccc2)CCCN(C2CCN(Cc3cccnc3)CC2)C1. The average molecular weight is 452 g/mol. The van der Waals surface area contributed by atoms with E-state index in [0.717, 1.165) is 64.2 Å². The minimum atomic E-state index is -0.476. The molecule has 3 heterocycles. The van der Waals surface area contributed by atoms with Crippen LogP contribution in [-0.4, -0.2) is 66.2 Å². The Hall–Kier alpha value is -2.44. The molecular weight excluding hydrogens is 414 g/mol. The normalized spacial score (nSPS) is 22.7. The van der Waals surface area contributed by atoms with Gasteiger partial charge in [0, 0.05) is 31.5 Å². The Morgan fingerprint density at radius 3 is 2.67 bits per heavy atom. The largest absolute Gasteiger partial charge is 0.494 e. The lowest BCUT2D eigenvalue weighted by Gasteiger charge is -2.46. The highest BCUT2D eigenvalue weighted by Crippen LogP contribution is 2.37. The van der Waals surface area contributed by atoms with E-state index in [0.29, 0.717) is 25.7 Å². The molecule has 0 saturated carbocycles. The third kappa shape index (κ3) is 6.33. The number of aromatic nitrogens is 1. The maximum absolute atomic E-state index is 13.1. The lowest BCUT2D eigenvalue weighted by Crippen LogP contribution is -2.54. The summed E-state index contributed by atoms with van der Waals surface area (Å²) < 4.78 is 11.5. The number of hydrogen-bond donors (Lipinski definition) is 0. The molecule has 1 aromatic heterocycles. The predicted octanol–water partition coefficient (Wildman–Crippen LogP) is 4.16. The van der Waals surface area contributed by atoms with Gasteiger partial charge in [-0.05, 0) is 82.4 Å². The molecule has 0 aliphatic carbocycles. The molecule has 2 aliphatic heterocycles. The van der Waals surface area contributed by atoms with E-state index in [9.17, 15) is 4.79 Å². The minimum Gasteiger partial charge on any atom is -0.494 e. The van der Waals surface area contributed by atoms with Crippen molar-refractivity contribution in [2.24, 2.45) is 5.41 Å². The first-order valence-electron chi connectivity index (χ1n) is 12.4. The van der Waals surface area contributed by atoms with Crippen molar-refractivity contribution >= 4 is 5.97 Å². The van der Waals surface area contributed by atoms with E-state index in [1.807, 2.05) is 55.7 Å². The molecule has 2 saturated heterocycles. The molecule has 6 heteroatoms. The van der Waals surface area contributed by atoms with E-state index in [1.54, 1.807) is 0 Å². The second-order valence-corrected chi connectivity index (χ2v) is 9.35. The smallest absolute Gasteiger partial charge is 0.313 e. The predicted molar refractivity (Wildman–Crippen MR) is 129 cm³/mol. The number of piperidine rings is 2. The monoisotopic (exact) mass is 451 g/mol. The second-order valence-electron chi connectivity index (χ2n) is 9.35. The number of likely N-dealkylation sites (tertiary alicyclic amines) is 2. The van der Waals surface area contributed by atoms with Crippen molar-refractivity contribution in [3.8, 4) is 5.75 Å². The van der Waals surface area contributed by atoms with Crippen LogP contribution in [0.3, 0.4) is 0 Å². The van der Waals surface area contributed by atoms with Crippen LogP contribution in [0, 0.1) is 5.41 Å². The van der Waals surface area contributed by atoms with Gasteiger partial charge in [0.15, 0.2) is 0 Å². The van der Waals surface area contributed by atoms with Gasteiger partial charge in [0.25, 0.3) is 0 Å². The molecule has 0 N–H and O–H groups in total. The first kappa shape index (κ1) is 23.7. The fourth-order valence-corrected chi connectivity index (χ4v) is 5.31. The van der Waals surface area contributed by atoms with Crippen molar-refractivity contribution in [1.29, 1.82) is 0 Å². The summed E-state index contributed by atoms with van der Waals surface area (Å²) in [6, 6.07) is 14.5. The fraction of sp³-hybridized carbons (Fsp3) is 0.556. The first-order chi connectivity index (χ1) is 16.2. The summed E-state index contributed by atoms with van der Waals surface area (Å²) in [5.41, 5.74) is 0.796. The average Bonchev–Trinajstić information content (AvgIpc) is 2.86. The lowest BCUT2D eigenvalue weighted by atomic mass is 9.76. The van der Waals surface area contributed by atoms with Gasteiger partial charge < -0.3 is 9.47 Å². The van der Waals surface area contributed by atoms with E-state index >= 15 is 0 Å². The highest BCUT2D eigenvalue weighted by atomic mass is 16.5. The van der Waals surface area contributed by atoms with Crippen LogP contribution in [0.15, 0.2) is 54.9 Å². The number of ether oxygens (including phenoxy) is 2. The van der Waals surface area contributed by atoms with E-state index in [1.165, 1.54) is 5.56 Å². The number of carbonyl (C=O) groups excluding carboxylic acids is 1. The summed E-state index contributed by atoms with van der Waals surface area (Å²) in [6.07, 6.45) is 8.66. The van der Waals surface area contributed by atoms with Gasteiger partial charge in [-0.2, -0.15) is 0 Å². The fourth-order valence-electron chi connectivity index (χ4n) is 5.31. The van der Waals surface area contributed by atoms with Gasteiger partial charge in [-0.1, -0.05) is 24.3 Å². The molecule has 6 nitrogen and oxygen atoms in total. The summed E-state index contributed by atoms with van der Waals surface area (Å²) in [5.74, 6) is 0.797. The Morgan fingerprint density at radius 1 is 1.12 bits per heavy atom. The number of nitrogens with zero attached hydrogens (tertiary/aromatic N) is 3. The summed E-state index contributed by atoms with van der Waals surface area (Å²) >= 11 is 0. The number of carbonyl (C=O) groups is 1. The standard InChI is InChI=1S/C27H37N3O3/c1-2-32-26(31)27(14-19-33-25-9-4-3-5-10-25)13-7-16-30(22-27)24-11-17-29(18-12-24)21-23-8-6-15-28-20-23/h3-6,8-10,15,20,24H,2,7,11-14,16-19,21-22H2,1H3. The number of hydrogen-bond acceptors (Lipinski definition) is 6. The number of benzene rings is 1. The van der Waals surface area contributed by atoms with Gasteiger partial charge in [-0.25, -0.2) is 0 Å². The van der Waals surface area contributed by atoms with Gasteiger partial charge in [-0.15, -0.1) is 0 Å². The van der Waals surface area contributed by atoms with Gasteiger partial charge in [-0.3, -0.25) is 19.6 Å². The van der Waals surface area contributed by atoms with Crippen molar-refractivity contribution in [3.63, 3.8) is 0 Å². The molecule has 2 aromatic rings. The Bertz CT molecular complexity index is 855. The highest BCUT2D eigenvalue weighted by molar-refractivity contribution is 5.77. The zero-order valence-corrected chi connectivity index (χ0v) is 19.8. The number of esters is 1. The van der Waals surface area contributed by atoms with Crippen LogP contribution < -0.4 is 4.74 Å². The molecule has 2 fully saturated rings. The van der Waals surface area contributed by atoms with Crippen LogP contribution >= 0.6 is 0 Å². The van der Waals surface area contributed by atoms with E-state index in [-0.39, 0.29) is 5.97 Å². The summed E-state index contributed by atoms with van der Waals surface area (Å²) in [4.78, 5) is 22.4. The van der Waals surface area contributed by atoms with Crippen molar-refractivity contribution in [2.45, 2.75) is 51.6 Å². The molecule has 1 atom stereocenters. The zero-order valence-electron chi connectivity index (χ0n) is 19.8. The maximum Gasteiger partial charge on any atom is 0.313 e. The topological polar surface area (TPSA) is 54.9 Å². The van der Waals surface area contributed by atoms with Crippen molar-refractivity contribution in [2.75, 3.05) is 39.4 Å². The number of rotatable bonds is 9. The van der Waals surface area contributed by atoms with Gasteiger partial charge >= 0.3 is 5.97 Å². The summed E-state index contributed by atoms with van der Waals surface area (Å²) in [6.45, 7) is 7.81. The third-order valence-corrected chi connectivity index (χ3v) is 7.11. The van der Waals surface area contributed by atoms with Gasteiger partial charge in [0.05, 0.1) is 18.6 Å². The van der Waals surface area contributed by atoms with Gasteiger partial charge in [0.2, 0.25) is 0 Å². The molecule has 0 amide bonds. The zero-order chi connectivity index (χ0) is 22.9. The van der Waals surface area contributed by atoms with E-state index in [4.69, 9.17) is 9.47 Å². The molecule has 2 aliphatic rings. The highest BCUT2D eigenvalue weighted by Gasteiger charge is 2.45. The molecule has 0 radical (unpaired) electrons. The number of para-hydroxylation sites is 1. The van der Waals surface area contributed by atoms with Crippen LogP contribution in [0.25, 0.3) is 0 Å². The molecular formula is C27H37N3O3. The third-order valence-electron chi connectivity index (χ3n) is 7.11. The Kier molecular flexibility index (Phi) is 8.35. The summed E-state index contributed by atoms with van der Waals surface area (Å²) in [5, 5.41) is 0. The Labute approximate surface area is 197 Å². The Balaban J connectivity index is 1.34. The lowest BCUT2D eigenvalue weighted by molar-refractivity contribution is -0.161. The van der Waals surface area contributed by atoms with E-state index in [2.05, 4.69) is 20.9 Å². The van der Waals surface area contributed by atoms with Crippen LogP contribution in [0.1, 0.15) is 44.6 Å². The van der Waals surface area contributed by atoms with Crippen LogP contribution in [-0.2, 0) is 16.1 Å². The van der Waals surface area contributed by atoms with E-state index < -0.39 is 5.41 Å². The quantitative estimate of drug-likeness (QED) is 0.534. The van der Waals surface area contributed by atoms with Crippen LogP contribution in [0.2, 0.25) is 0 Å². The maximum atomic E-state index is 13.1. The molecule has 4 rings (SSSR count). The molecule has 0 bridgehead atoms. The molecule has 178 valence electrons. The molecule has 1 aromatic carbocycles. The minimum absolute atomic E-state index is 0.0552. The second kappa shape index (κ2) is 11.6. The molecule has 33 heavy (non-hydrogen) atoms. The van der Waals surface area contributed by atoms with Crippen molar-refractivity contribution in [3.05, 3.63) is 60.4 Å². The molecule has 0 spiro atoms. The van der Waals surface area contributed by atoms with Crippen LogP contribution in [0.4, 0.5) is 0 Å². The summed E-state index contributed by atoms with van der Waals surface area (Å²) in [7, 11) is 0. The van der Waals surface area contributed by atoms with Crippen LogP contribution in [0.5, 0.6) is 5.75 Å². The van der Waals surface area contributed by atoms with Crippen molar-refractivity contribution in [1.82, 2.24) is 14.8 Å². The van der Waals surface area contributed by atoms with Crippen molar-refractivity contribution < 1.29 is 14.3 Å². The Morgan fingerprint density at radius 2 is 1.94 bits per heavy atom. The molecule has 1 unspecified atom stereocenters. The number of pyridine rings is 1.